The number of hydrogen-bond donors (Lipinski definition) is 2. The van der Waals surface area contributed by atoms with E-state index in [9.17, 15) is 4.79 Å². The van der Waals surface area contributed by atoms with Gasteiger partial charge in [0.2, 0.25) is 5.91 Å². The number of aromatic nitrogens is 2. The van der Waals surface area contributed by atoms with Crippen LogP contribution < -0.4 is 5.32 Å². The van der Waals surface area contributed by atoms with Crippen LogP contribution >= 0.6 is 0 Å². The number of hydrogen-bond acceptors (Lipinski definition) is 3. The molecule has 3 rings (SSSR count). The van der Waals surface area contributed by atoms with Crippen LogP contribution in [0, 0.1) is 0 Å². The Labute approximate surface area is 143 Å². The van der Waals surface area contributed by atoms with Gasteiger partial charge in [0.15, 0.2) is 0 Å². The lowest BCUT2D eigenvalue weighted by molar-refractivity contribution is -0.115. The summed E-state index contributed by atoms with van der Waals surface area (Å²) in [6, 6.07) is 3.87. The van der Waals surface area contributed by atoms with Crippen LogP contribution in [-0.4, -0.2) is 40.4 Å². The fourth-order valence-corrected chi connectivity index (χ4v) is 3.48. The molecular formula is C19H28N4O. The molecule has 0 aliphatic carbocycles. The SMILES string of the molecule is CCCCN1CCC(c2c[nH]c3ccc(NC(=O)CC)nc23)CC1. The first-order valence-corrected chi connectivity index (χ1v) is 9.21. The number of piperidine rings is 1. The number of amides is 1. The maximum Gasteiger partial charge on any atom is 0.225 e. The molecule has 1 aliphatic heterocycles. The third kappa shape index (κ3) is 3.78. The molecular weight excluding hydrogens is 300 g/mol. The van der Waals surface area contributed by atoms with E-state index in [0.29, 0.717) is 18.2 Å². The summed E-state index contributed by atoms with van der Waals surface area (Å²) in [6.07, 6.45) is 7.50. The molecule has 24 heavy (non-hydrogen) atoms. The molecule has 2 aromatic heterocycles. The van der Waals surface area contributed by atoms with Gasteiger partial charge in [0, 0.05) is 12.6 Å². The Balaban J connectivity index is 1.73. The van der Waals surface area contributed by atoms with Crippen molar-refractivity contribution in [3.63, 3.8) is 0 Å². The van der Waals surface area contributed by atoms with Crippen molar-refractivity contribution in [1.82, 2.24) is 14.9 Å². The summed E-state index contributed by atoms with van der Waals surface area (Å²) in [5, 5.41) is 2.86. The van der Waals surface area contributed by atoms with Gasteiger partial charge in [-0.15, -0.1) is 0 Å². The van der Waals surface area contributed by atoms with Gasteiger partial charge in [0.1, 0.15) is 5.82 Å². The largest absolute Gasteiger partial charge is 0.360 e. The second-order valence-corrected chi connectivity index (χ2v) is 6.71. The number of likely N-dealkylation sites (tertiary alicyclic amines) is 1. The van der Waals surface area contributed by atoms with Gasteiger partial charge >= 0.3 is 0 Å². The van der Waals surface area contributed by atoms with Gasteiger partial charge in [-0.05, 0) is 62.5 Å². The van der Waals surface area contributed by atoms with Crippen molar-refractivity contribution in [1.29, 1.82) is 0 Å². The average Bonchev–Trinajstić information content (AvgIpc) is 3.03. The van der Waals surface area contributed by atoms with E-state index in [1.54, 1.807) is 0 Å². The monoisotopic (exact) mass is 328 g/mol. The minimum Gasteiger partial charge on any atom is -0.360 e. The molecule has 5 heteroatoms. The minimum atomic E-state index is 0.00293. The third-order valence-corrected chi connectivity index (χ3v) is 5.00. The second kappa shape index (κ2) is 7.79. The molecule has 0 bridgehead atoms. The number of nitrogens with one attached hydrogen (secondary N) is 2. The summed E-state index contributed by atoms with van der Waals surface area (Å²) in [5.41, 5.74) is 3.36. The number of carbonyl (C=O) groups excluding carboxylic acids is 1. The molecule has 1 saturated heterocycles. The topological polar surface area (TPSA) is 61.0 Å². The summed E-state index contributed by atoms with van der Waals surface area (Å²) in [6.45, 7) is 7.66. The van der Waals surface area contributed by atoms with Crippen molar-refractivity contribution < 1.29 is 4.79 Å². The highest BCUT2D eigenvalue weighted by Crippen LogP contribution is 2.32. The van der Waals surface area contributed by atoms with E-state index in [0.717, 1.165) is 11.0 Å². The number of anilines is 1. The van der Waals surface area contributed by atoms with Crippen LogP contribution in [0.2, 0.25) is 0 Å². The van der Waals surface area contributed by atoms with Gasteiger partial charge in [0.05, 0.1) is 11.0 Å². The highest BCUT2D eigenvalue weighted by molar-refractivity contribution is 5.91. The van der Waals surface area contributed by atoms with Crippen molar-refractivity contribution in [3.05, 3.63) is 23.9 Å². The van der Waals surface area contributed by atoms with Crippen molar-refractivity contribution in [2.75, 3.05) is 25.0 Å². The van der Waals surface area contributed by atoms with Gasteiger partial charge in [0.25, 0.3) is 0 Å². The van der Waals surface area contributed by atoms with E-state index in [4.69, 9.17) is 4.98 Å². The molecule has 1 aliphatic rings. The molecule has 0 aromatic carbocycles. The van der Waals surface area contributed by atoms with E-state index in [1.165, 1.54) is 50.9 Å². The smallest absolute Gasteiger partial charge is 0.225 e. The number of pyridine rings is 1. The highest BCUT2D eigenvalue weighted by atomic mass is 16.1. The molecule has 1 amide bonds. The minimum absolute atomic E-state index is 0.00293. The van der Waals surface area contributed by atoms with Crippen LogP contribution in [0.25, 0.3) is 11.0 Å². The molecule has 3 heterocycles. The normalized spacial score (nSPS) is 16.6. The van der Waals surface area contributed by atoms with E-state index >= 15 is 0 Å². The third-order valence-electron chi connectivity index (χ3n) is 5.00. The molecule has 0 spiro atoms. The first-order chi connectivity index (χ1) is 11.7. The second-order valence-electron chi connectivity index (χ2n) is 6.71. The van der Waals surface area contributed by atoms with Crippen molar-refractivity contribution in [3.8, 4) is 0 Å². The van der Waals surface area contributed by atoms with Crippen LogP contribution in [0.5, 0.6) is 0 Å². The number of carbonyl (C=O) groups is 1. The predicted octanol–water partition coefficient (Wildman–Crippen LogP) is 3.89. The standard InChI is InChI=1S/C19H28N4O/c1-3-5-10-23-11-8-14(9-12-23)15-13-20-16-6-7-17(22-19(15)16)21-18(24)4-2/h6-7,13-14,20H,3-5,8-12H2,1-2H3,(H,21,22,24). The number of nitrogens with zero attached hydrogens (tertiary/aromatic N) is 2. The lowest BCUT2D eigenvalue weighted by Crippen LogP contribution is -2.33. The summed E-state index contributed by atoms with van der Waals surface area (Å²) in [5.74, 6) is 1.21. The number of aromatic amines is 1. The van der Waals surface area contributed by atoms with Gasteiger partial charge in [-0.25, -0.2) is 4.98 Å². The lowest BCUT2D eigenvalue weighted by atomic mass is 9.90. The number of rotatable bonds is 6. The van der Waals surface area contributed by atoms with E-state index in [1.807, 2.05) is 19.1 Å². The molecule has 130 valence electrons. The van der Waals surface area contributed by atoms with E-state index < -0.39 is 0 Å². The van der Waals surface area contributed by atoms with Crippen LogP contribution in [0.1, 0.15) is 57.4 Å². The fourth-order valence-electron chi connectivity index (χ4n) is 3.48. The summed E-state index contributed by atoms with van der Waals surface area (Å²) in [4.78, 5) is 22.2. The average molecular weight is 328 g/mol. The predicted molar refractivity (Wildman–Crippen MR) is 98.3 cm³/mol. The van der Waals surface area contributed by atoms with Gasteiger partial charge in [-0.2, -0.15) is 0 Å². The highest BCUT2D eigenvalue weighted by Gasteiger charge is 2.23. The molecule has 5 nitrogen and oxygen atoms in total. The molecule has 0 radical (unpaired) electrons. The summed E-state index contributed by atoms with van der Waals surface area (Å²) < 4.78 is 0. The Hall–Kier alpha value is -1.88. The molecule has 0 atom stereocenters. The maximum absolute atomic E-state index is 11.6. The van der Waals surface area contributed by atoms with Crippen LogP contribution in [-0.2, 0) is 4.79 Å². The number of unbranched alkanes of at least 4 members (excludes halogenated alkanes) is 1. The zero-order valence-corrected chi connectivity index (χ0v) is 14.8. The molecule has 2 aromatic rings. The zero-order chi connectivity index (χ0) is 16.9. The van der Waals surface area contributed by atoms with Crippen LogP contribution in [0.4, 0.5) is 5.82 Å². The van der Waals surface area contributed by atoms with Crippen LogP contribution in [0.3, 0.4) is 0 Å². The Bertz CT molecular complexity index is 686. The molecule has 2 N–H and O–H groups in total. The summed E-state index contributed by atoms with van der Waals surface area (Å²) >= 11 is 0. The maximum atomic E-state index is 11.6. The van der Waals surface area contributed by atoms with E-state index in [2.05, 4.69) is 28.3 Å². The van der Waals surface area contributed by atoms with Crippen molar-refractivity contribution in [2.24, 2.45) is 0 Å². The Morgan fingerprint density at radius 3 is 2.83 bits per heavy atom. The Morgan fingerprint density at radius 1 is 1.33 bits per heavy atom. The van der Waals surface area contributed by atoms with Gasteiger partial charge < -0.3 is 15.2 Å². The van der Waals surface area contributed by atoms with Gasteiger partial charge in [-0.1, -0.05) is 20.3 Å². The zero-order valence-electron chi connectivity index (χ0n) is 14.8. The number of H-pyrrole nitrogens is 1. The van der Waals surface area contributed by atoms with Gasteiger partial charge in [-0.3, -0.25) is 4.79 Å². The Morgan fingerprint density at radius 2 is 2.12 bits per heavy atom. The summed E-state index contributed by atoms with van der Waals surface area (Å²) in [7, 11) is 0. The molecule has 0 saturated carbocycles. The Kier molecular flexibility index (Phi) is 5.51. The quantitative estimate of drug-likeness (QED) is 0.845. The molecule has 1 fully saturated rings. The lowest BCUT2D eigenvalue weighted by Gasteiger charge is -2.31. The first-order valence-electron chi connectivity index (χ1n) is 9.21. The molecule has 0 unspecified atom stereocenters. The first kappa shape index (κ1) is 17.0. The van der Waals surface area contributed by atoms with Crippen LogP contribution in [0.15, 0.2) is 18.3 Å². The fraction of sp³-hybridized carbons (Fsp3) is 0.579. The van der Waals surface area contributed by atoms with Crippen molar-refractivity contribution >= 4 is 22.8 Å². The number of fused-ring (bicyclic) bond motifs is 1. The van der Waals surface area contributed by atoms with Crippen molar-refractivity contribution in [2.45, 2.75) is 51.9 Å². The van der Waals surface area contributed by atoms with E-state index in [-0.39, 0.29) is 5.91 Å².